The Balaban J connectivity index is 1.65. The number of alkyl halides is 3. The molecule has 0 bridgehead atoms. The van der Waals surface area contributed by atoms with Crippen LogP contribution in [0.15, 0.2) is 54.6 Å². The molecule has 3 rings (SSSR count). The first-order valence-electron chi connectivity index (χ1n) is 9.84. The standard InChI is InChI=1S/C22H25F3N2O4/c1-27(12-14-5-3-2-4-6-14)19-17(31-18(13-28)20(19)29)11-26-21(30)15-7-9-16(10-8-15)22(23,24)25/h2-10,17-20,28-29H,11-13H2,1H3,(H,26,30)/t17-,18+,19-,20-/m1/s1. The van der Waals surface area contributed by atoms with Gasteiger partial charge in [0.2, 0.25) is 0 Å². The Morgan fingerprint density at radius 3 is 2.32 bits per heavy atom. The van der Waals surface area contributed by atoms with Crippen molar-refractivity contribution in [2.24, 2.45) is 0 Å². The number of likely N-dealkylation sites (N-methyl/N-ethyl adjacent to an activating group) is 1. The van der Waals surface area contributed by atoms with Crippen molar-refractivity contribution in [3.05, 3.63) is 71.3 Å². The molecule has 1 aliphatic rings. The van der Waals surface area contributed by atoms with Crippen LogP contribution in [0.25, 0.3) is 0 Å². The summed E-state index contributed by atoms with van der Waals surface area (Å²) in [6.07, 6.45) is -6.85. The maximum absolute atomic E-state index is 12.7. The Labute approximate surface area is 178 Å². The van der Waals surface area contributed by atoms with E-state index in [1.807, 2.05) is 42.3 Å². The monoisotopic (exact) mass is 438 g/mol. The van der Waals surface area contributed by atoms with Crippen molar-refractivity contribution in [2.75, 3.05) is 20.2 Å². The summed E-state index contributed by atoms with van der Waals surface area (Å²) in [6.45, 7) is 0.171. The molecule has 2 aromatic carbocycles. The van der Waals surface area contributed by atoms with Crippen molar-refractivity contribution in [1.82, 2.24) is 10.2 Å². The number of ether oxygens (including phenoxy) is 1. The molecule has 1 heterocycles. The average molecular weight is 438 g/mol. The summed E-state index contributed by atoms with van der Waals surface area (Å²) >= 11 is 0. The van der Waals surface area contributed by atoms with Crippen molar-refractivity contribution in [1.29, 1.82) is 0 Å². The number of hydrogen-bond acceptors (Lipinski definition) is 5. The number of halogens is 3. The zero-order valence-electron chi connectivity index (χ0n) is 16.9. The molecule has 0 unspecified atom stereocenters. The Kier molecular flexibility index (Phi) is 7.32. The minimum absolute atomic E-state index is 0.0250. The second-order valence-electron chi connectivity index (χ2n) is 7.56. The second-order valence-corrected chi connectivity index (χ2v) is 7.56. The predicted molar refractivity (Wildman–Crippen MR) is 107 cm³/mol. The molecule has 0 saturated carbocycles. The summed E-state index contributed by atoms with van der Waals surface area (Å²) < 4.78 is 43.8. The van der Waals surface area contributed by atoms with Gasteiger partial charge in [-0.2, -0.15) is 13.2 Å². The van der Waals surface area contributed by atoms with Gasteiger partial charge in [-0.05, 0) is 36.9 Å². The highest BCUT2D eigenvalue weighted by molar-refractivity contribution is 5.94. The van der Waals surface area contributed by atoms with Crippen molar-refractivity contribution in [2.45, 2.75) is 37.1 Å². The van der Waals surface area contributed by atoms with E-state index in [0.29, 0.717) is 6.54 Å². The lowest BCUT2D eigenvalue weighted by atomic mass is 10.0. The Morgan fingerprint density at radius 2 is 1.74 bits per heavy atom. The van der Waals surface area contributed by atoms with E-state index in [2.05, 4.69) is 5.32 Å². The third kappa shape index (κ3) is 5.62. The van der Waals surface area contributed by atoms with Gasteiger partial charge in [0.25, 0.3) is 5.91 Å². The highest BCUT2D eigenvalue weighted by Crippen LogP contribution is 2.29. The first kappa shape index (κ1) is 23.2. The molecule has 1 fully saturated rings. The zero-order chi connectivity index (χ0) is 22.6. The summed E-state index contributed by atoms with van der Waals surface area (Å²) in [5, 5.41) is 22.8. The van der Waals surface area contributed by atoms with Crippen molar-refractivity contribution >= 4 is 5.91 Å². The van der Waals surface area contributed by atoms with Crippen LogP contribution >= 0.6 is 0 Å². The van der Waals surface area contributed by atoms with Gasteiger partial charge in [-0.15, -0.1) is 0 Å². The summed E-state index contributed by atoms with van der Waals surface area (Å²) in [5.74, 6) is -0.552. The van der Waals surface area contributed by atoms with Crippen LogP contribution in [0.2, 0.25) is 0 Å². The lowest BCUT2D eigenvalue weighted by molar-refractivity contribution is -0.137. The second kappa shape index (κ2) is 9.78. The van der Waals surface area contributed by atoms with Crippen LogP contribution in [-0.4, -0.2) is 65.6 Å². The first-order chi connectivity index (χ1) is 14.7. The van der Waals surface area contributed by atoms with Crippen LogP contribution in [-0.2, 0) is 17.5 Å². The molecule has 31 heavy (non-hydrogen) atoms. The number of rotatable bonds is 7. The highest BCUT2D eigenvalue weighted by Gasteiger charge is 2.45. The fourth-order valence-corrected chi connectivity index (χ4v) is 3.77. The van der Waals surface area contributed by atoms with E-state index in [-0.39, 0.29) is 18.7 Å². The molecule has 9 heteroatoms. The smallest absolute Gasteiger partial charge is 0.394 e. The van der Waals surface area contributed by atoms with Crippen LogP contribution in [0.5, 0.6) is 0 Å². The average Bonchev–Trinajstić information content (AvgIpc) is 3.07. The van der Waals surface area contributed by atoms with Crippen molar-refractivity contribution in [3.8, 4) is 0 Å². The van der Waals surface area contributed by atoms with E-state index in [1.54, 1.807) is 0 Å². The molecular weight excluding hydrogens is 413 g/mol. The third-order valence-electron chi connectivity index (χ3n) is 5.36. The SMILES string of the molecule is CN(Cc1ccccc1)[C@H]1[C@H](O)[C@H](CO)O[C@@H]1CNC(=O)c1ccc(C(F)(F)F)cc1. The van der Waals surface area contributed by atoms with Crippen molar-refractivity contribution in [3.63, 3.8) is 0 Å². The van der Waals surface area contributed by atoms with E-state index in [4.69, 9.17) is 4.74 Å². The van der Waals surface area contributed by atoms with Crippen molar-refractivity contribution < 1.29 is 32.9 Å². The maximum atomic E-state index is 12.7. The summed E-state index contributed by atoms with van der Waals surface area (Å²) in [6, 6.07) is 13.0. The molecule has 1 aliphatic heterocycles. The van der Waals surface area contributed by atoms with E-state index in [1.165, 1.54) is 0 Å². The molecule has 3 N–H and O–H groups in total. The van der Waals surface area contributed by atoms with Gasteiger partial charge in [-0.1, -0.05) is 30.3 Å². The van der Waals surface area contributed by atoms with Gasteiger partial charge >= 0.3 is 6.18 Å². The van der Waals surface area contributed by atoms with Crippen LogP contribution in [0.1, 0.15) is 21.5 Å². The van der Waals surface area contributed by atoms with Gasteiger partial charge in [0, 0.05) is 18.7 Å². The molecule has 4 atom stereocenters. The van der Waals surface area contributed by atoms with E-state index < -0.39 is 42.0 Å². The minimum atomic E-state index is -4.47. The van der Waals surface area contributed by atoms with Gasteiger partial charge in [-0.25, -0.2) is 0 Å². The van der Waals surface area contributed by atoms with Gasteiger partial charge in [0.05, 0.1) is 24.3 Å². The number of aliphatic hydroxyl groups excluding tert-OH is 2. The Bertz CT molecular complexity index is 861. The number of hydrogen-bond donors (Lipinski definition) is 3. The molecule has 0 aliphatic carbocycles. The topological polar surface area (TPSA) is 82.0 Å². The number of carbonyl (C=O) groups is 1. The number of amides is 1. The highest BCUT2D eigenvalue weighted by atomic mass is 19.4. The zero-order valence-corrected chi connectivity index (χ0v) is 16.9. The Morgan fingerprint density at radius 1 is 1.10 bits per heavy atom. The third-order valence-corrected chi connectivity index (χ3v) is 5.36. The fraction of sp³-hybridized carbons (Fsp3) is 0.409. The molecular formula is C22H25F3N2O4. The molecule has 0 radical (unpaired) electrons. The lowest BCUT2D eigenvalue weighted by Gasteiger charge is -2.30. The largest absolute Gasteiger partial charge is 0.416 e. The van der Waals surface area contributed by atoms with Gasteiger partial charge in [0.1, 0.15) is 12.2 Å². The number of nitrogens with zero attached hydrogens (tertiary/aromatic N) is 1. The summed E-state index contributed by atoms with van der Waals surface area (Å²) in [4.78, 5) is 14.3. The summed E-state index contributed by atoms with van der Waals surface area (Å²) in [7, 11) is 1.81. The minimum Gasteiger partial charge on any atom is -0.394 e. The first-order valence-corrected chi connectivity index (χ1v) is 9.84. The Hall–Kier alpha value is -2.46. The van der Waals surface area contributed by atoms with Gasteiger partial charge in [0.15, 0.2) is 0 Å². The number of nitrogens with one attached hydrogen (secondary N) is 1. The van der Waals surface area contributed by atoms with Crippen LogP contribution in [0.3, 0.4) is 0 Å². The van der Waals surface area contributed by atoms with Gasteiger partial charge in [-0.3, -0.25) is 9.69 Å². The molecule has 6 nitrogen and oxygen atoms in total. The number of aliphatic hydroxyl groups is 2. The van der Waals surface area contributed by atoms with E-state index in [0.717, 1.165) is 29.8 Å². The quantitative estimate of drug-likeness (QED) is 0.617. The molecule has 1 amide bonds. The van der Waals surface area contributed by atoms with Crippen LogP contribution in [0, 0.1) is 0 Å². The molecule has 2 aromatic rings. The molecule has 1 saturated heterocycles. The maximum Gasteiger partial charge on any atom is 0.416 e. The van der Waals surface area contributed by atoms with Gasteiger partial charge < -0.3 is 20.3 Å². The lowest BCUT2D eigenvalue weighted by Crippen LogP contribution is -2.49. The molecule has 168 valence electrons. The van der Waals surface area contributed by atoms with Crippen LogP contribution in [0.4, 0.5) is 13.2 Å². The fourth-order valence-electron chi connectivity index (χ4n) is 3.77. The summed E-state index contributed by atoms with van der Waals surface area (Å²) in [5.41, 5.74) is 0.274. The van der Waals surface area contributed by atoms with E-state index >= 15 is 0 Å². The van der Waals surface area contributed by atoms with E-state index in [9.17, 15) is 28.2 Å². The van der Waals surface area contributed by atoms with Crippen LogP contribution < -0.4 is 5.32 Å². The number of carbonyl (C=O) groups excluding carboxylic acids is 1. The molecule has 0 aromatic heterocycles. The number of benzene rings is 2. The normalized spacial score (nSPS) is 23.8. The molecule has 0 spiro atoms. The predicted octanol–water partition coefficient (Wildman–Crippen LogP) is 2.06.